The van der Waals surface area contributed by atoms with E-state index >= 15 is 0 Å². The van der Waals surface area contributed by atoms with Gasteiger partial charge in [0, 0.05) is 11.6 Å². The summed E-state index contributed by atoms with van der Waals surface area (Å²) in [5.74, 6) is -1.05. The maximum atomic E-state index is 10.8. The van der Waals surface area contributed by atoms with Crippen molar-refractivity contribution in [2.24, 2.45) is 5.73 Å². The fourth-order valence-electron chi connectivity index (χ4n) is 1.28. The van der Waals surface area contributed by atoms with Crippen LogP contribution in [0.5, 0.6) is 0 Å². The van der Waals surface area contributed by atoms with E-state index in [1.54, 1.807) is 19.2 Å². The summed E-state index contributed by atoms with van der Waals surface area (Å²) in [5.41, 5.74) is 6.92. The van der Waals surface area contributed by atoms with E-state index < -0.39 is 12.0 Å². The number of hydrogen-bond acceptors (Lipinski definition) is 3. The minimum Gasteiger partial charge on any atom is -0.480 e. The molecule has 4 nitrogen and oxygen atoms in total. The molecule has 0 radical (unpaired) electrons. The van der Waals surface area contributed by atoms with E-state index in [0.717, 1.165) is 10.0 Å². The van der Waals surface area contributed by atoms with Crippen molar-refractivity contribution in [2.75, 3.05) is 7.11 Å². The van der Waals surface area contributed by atoms with Crippen molar-refractivity contribution in [3.05, 3.63) is 33.8 Å². The Hall–Kier alpha value is -0.910. The van der Waals surface area contributed by atoms with Crippen LogP contribution in [0.2, 0.25) is 0 Å². The van der Waals surface area contributed by atoms with Gasteiger partial charge >= 0.3 is 5.97 Å². The van der Waals surface area contributed by atoms with Crippen LogP contribution < -0.4 is 5.73 Å². The number of carbonyl (C=O) groups is 1. The Labute approximate surface area is 96.2 Å². The quantitative estimate of drug-likeness (QED) is 0.876. The van der Waals surface area contributed by atoms with Gasteiger partial charge in [-0.05, 0) is 23.3 Å². The minimum absolute atomic E-state index is 0.351. The van der Waals surface area contributed by atoms with Gasteiger partial charge in [-0.15, -0.1) is 0 Å². The first kappa shape index (κ1) is 12.2. The zero-order valence-electron chi connectivity index (χ0n) is 8.24. The maximum Gasteiger partial charge on any atom is 0.325 e. The summed E-state index contributed by atoms with van der Waals surface area (Å²) in [6, 6.07) is 4.30. The molecule has 0 aliphatic rings. The van der Waals surface area contributed by atoms with Crippen LogP contribution in [0.25, 0.3) is 0 Å². The van der Waals surface area contributed by atoms with Gasteiger partial charge in [0.25, 0.3) is 0 Å². The third-order valence-electron chi connectivity index (χ3n) is 2.01. The fraction of sp³-hybridized carbons (Fsp3) is 0.300. The summed E-state index contributed by atoms with van der Waals surface area (Å²) in [6.07, 6.45) is 0. The molecule has 0 aliphatic carbocycles. The Morgan fingerprint density at radius 1 is 1.67 bits per heavy atom. The molecule has 3 N–H and O–H groups in total. The second kappa shape index (κ2) is 5.25. The van der Waals surface area contributed by atoms with E-state index in [-0.39, 0.29) is 0 Å². The van der Waals surface area contributed by atoms with E-state index in [4.69, 9.17) is 15.6 Å². The molecule has 0 bridgehead atoms. The zero-order chi connectivity index (χ0) is 11.4. The lowest BCUT2D eigenvalue weighted by atomic mass is 10.0. The molecule has 1 aromatic carbocycles. The predicted octanol–water partition coefficient (Wildman–Crippen LogP) is 1.68. The molecule has 1 unspecified atom stereocenters. The molecule has 0 fully saturated rings. The standard InChI is InChI=1S/C10H12BrNO3/c1-15-5-6-2-3-7(11)4-8(6)9(12)10(13)14/h2-4,9H,5,12H2,1H3,(H,13,14). The molecule has 0 heterocycles. The minimum atomic E-state index is -1.05. The van der Waals surface area contributed by atoms with Crippen molar-refractivity contribution in [2.45, 2.75) is 12.6 Å². The lowest BCUT2D eigenvalue weighted by Gasteiger charge is -2.12. The zero-order valence-corrected chi connectivity index (χ0v) is 9.82. The first-order valence-electron chi connectivity index (χ1n) is 4.32. The van der Waals surface area contributed by atoms with Gasteiger partial charge in [-0.1, -0.05) is 22.0 Å². The average Bonchev–Trinajstić information content (AvgIpc) is 2.20. The SMILES string of the molecule is COCc1ccc(Br)cc1C(N)C(=O)O. The van der Waals surface area contributed by atoms with Crippen LogP contribution in [0.4, 0.5) is 0 Å². The average molecular weight is 274 g/mol. The van der Waals surface area contributed by atoms with Gasteiger partial charge in [-0.2, -0.15) is 0 Å². The van der Waals surface area contributed by atoms with Crippen LogP contribution in [0.3, 0.4) is 0 Å². The third-order valence-corrected chi connectivity index (χ3v) is 2.50. The molecule has 1 rings (SSSR count). The lowest BCUT2D eigenvalue weighted by molar-refractivity contribution is -0.138. The van der Waals surface area contributed by atoms with Gasteiger partial charge in [0.2, 0.25) is 0 Å². The van der Waals surface area contributed by atoms with Crippen molar-refractivity contribution in [3.63, 3.8) is 0 Å². The number of hydrogen-bond donors (Lipinski definition) is 2. The molecule has 0 spiro atoms. The molecule has 82 valence electrons. The second-order valence-electron chi connectivity index (χ2n) is 3.09. The first-order chi connectivity index (χ1) is 7.06. The smallest absolute Gasteiger partial charge is 0.325 e. The first-order valence-corrected chi connectivity index (χ1v) is 5.11. The Morgan fingerprint density at radius 2 is 2.33 bits per heavy atom. The summed E-state index contributed by atoms with van der Waals surface area (Å²) in [7, 11) is 1.55. The van der Waals surface area contributed by atoms with Gasteiger partial charge in [0.05, 0.1) is 6.61 Å². The van der Waals surface area contributed by atoms with Crippen LogP contribution in [0.15, 0.2) is 22.7 Å². The largest absolute Gasteiger partial charge is 0.480 e. The van der Waals surface area contributed by atoms with Crippen molar-refractivity contribution in [1.29, 1.82) is 0 Å². The molecule has 0 aromatic heterocycles. The number of nitrogens with two attached hydrogens (primary N) is 1. The number of carboxylic acid groups (broad SMARTS) is 1. The molecule has 0 aliphatic heterocycles. The molecule has 5 heteroatoms. The van der Waals surface area contributed by atoms with E-state index in [0.29, 0.717) is 12.2 Å². The topological polar surface area (TPSA) is 72.5 Å². The molecular formula is C10H12BrNO3. The summed E-state index contributed by atoms with van der Waals surface area (Å²) in [4.78, 5) is 10.8. The molecule has 1 aromatic rings. The van der Waals surface area contributed by atoms with Gasteiger partial charge in [-0.25, -0.2) is 0 Å². The number of benzene rings is 1. The van der Waals surface area contributed by atoms with Crippen LogP contribution in [0, 0.1) is 0 Å². The van der Waals surface area contributed by atoms with Crippen molar-refractivity contribution in [1.82, 2.24) is 0 Å². The number of ether oxygens (including phenoxy) is 1. The number of rotatable bonds is 4. The maximum absolute atomic E-state index is 10.8. The fourth-order valence-corrected chi connectivity index (χ4v) is 1.65. The van der Waals surface area contributed by atoms with E-state index in [1.807, 2.05) is 6.07 Å². The normalized spacial score (nSPS) is 12.5. The van der Waals surface area contributed by atoms with Crippen LogP contribution >= 0.6 is 15.9 Å². The molecule has 0 saturated carbocycles. The van der Waals surface area contributed by atoms with Gasteiger partial charge in [0.1, 0.15) is 6.04 Å². The van der Waals surface area contributed by atoms with Crippen molar-refractivity contribution < 1.29 is 14.6 Å². The summed E-state index contributed by atoms with van der Waals surface area (Å²) in [6.45, 7) is 0.351. The number of methoxy groups -OCH3 is 1. The van der Waals surface area contributed by atoms with Crippen LogP contribution in [-0.2, 0) is 16.1 Å². The van der Waals surface area contributed by atoms with E-state index in [1.165, 1.54) is 0 Å². The lowest BCUT2D eigenvalue weighted by Crippen LogP contribution is -2.22. The Bertz CT molecular complexity index is 368. The Balaban J connectivity index is 3.11. The number of carboxylic acids is 1. The van der Waals surface area contributed by atoms with Crippen LogP contribution in [-0.4, -0.2) is 18.2 Å². The monoisotopic (exact) mass is 273 g/mol. The molecule has 0 saturated heterocycles. The van der Waals surface area contributed by atoms with Crippen LogP contribution in [0.1, 0.15) is 17.2 Å². The third kappa shape index (κ3) is 3.02. The Kier molecular flexibility index (Phi) is 4.26. The highest BCUT2D eigenvalue weighted by atomic mass is 79.9. The van der Waals surface area contributed by atoms with Crippen molar-refractivity contribution in [3.8, 4) is 0 Å². The molecule has 15 heavy (non-hydrogen) atoms. The summed E-state index contributed by atoms with van der Waals surface area (Å²) >= 11 is 3.28. The second-order valence-corrected chi connectivity index (χ2v) is 4.01. The summed E-state index contributed by atoms with van der Waals surface area (Å²) < 4.78 is 5.77. The summed E-state index contributed by atoms with van der Waals surface area (Å²) in [5, 5.41) is 8.84. The Morgan fingerprint density at radius 3 is 2.87 bits per heavy atom. The van der Waals surface area contributed by atoms with Gasteiger partial charge in [-0.3, -0.25) is 4.79 Å². The number of halogens is 1. The van der Waals surface area contributed by atoms with Gasteiger partial charge in [0.15, 0.2) is 0 Å². The number of aliphatic carboxylic acids is 1. The highest BCUT2D eigenvalue weighted by Crippen LogP contribution is 2.22. The highest BCUT2D eigenvalue weighted by Gasteiger charge is 2.18. The van der Waals surface area contributed by atoms with E-state index in [9.17, 15) is 4.79 Å². The van der Waals surface area contributed by atoms with E-state index in [2.05, 4.69) is 15.9 Å². The predicted molar refractivity (Wildman–Crippen MR) is 59.4 cm³/mol. The molecular weight excluding hydrogens is 262 g/mol. The molecule has 0 amide bonds. The van der Waals surface area contributed by atoms with Crippen molar-refractivity contribution >= 4 is 21.9 Å². The molecule has 1 atom stereocenters. The van der Waals surface area contributed by atoms with Gasteiger partial charge < -0.3 is 15.6 Å². The highest BCUT2D eigenvalue weighted by molar-refractivity contribution is 9.10.